The molecule has 0 bridgehead atoms. The molecule has 2 rings (SSSR count). The number of nitrogens with two attached hydrogens (primary N) is 1. The van der Waals surface area contributed by atoms with Gasteiger partial charge in [-0.3, -0.25) is 0 Å². The number of anilines is 1. The number of hydrogen-bond donors (Lipinski definition) is 1. The van der Waals surface area contributed by atoms with Crippen LogP contribution in [0.3, 0.4) is 0 Å². The summed E-state index contributed by atoms with van der Waals surface area (Å²) in [5, 5.41) is 0. The number of morpholine rings is 1. The summed E-state index contributed by atoms with van der Waals surface area (Å²) in [4.78, 5) is 0.214. The maximum Gasteiger partial charge on any atom is 0.243 e. The van der Waals surface area contributed by atoms with Crippen LogP contribution in [0.1, 0.15) is 96.8 Å². The second-order valence-electron chi connectivity index (χ2n) is 9.16. The minimum absolute atomic E-state index is 0.214. The monoisotopic (exact) mass is 482 g/mol. The zero-order valence-electron chi connectivity index (χ0n) is 20.7. The van der Waals surface area contributed by atoms with Crippen molar-refractivity contribution in [3.05, 3.63) is 18.2 Å². The van der Waals surface area contributed by atoms with Gasteiger partial charge in [0.15, 0.2) is 0 Å². The van der Waals surface area contributed by atoms with E-state index >= 15 is 0 Å². The van der Waals surface area contributed by atoms with Gasteiger partial charge in [0.25, 0.3) is 0 Å². The molecule has 0 radical (unpaired) electrons. The van der Waals surface area contributed by atoms with Crippen molar-refractivity contribution >= 4 is 15.7 Å². The minimum Gasteiger partial charge on any atom is -0.491 e. The Kier molecular flexibility index (Phi) is 13.8. The Morgan fingerprint density at radius 3 is 1.88 bits per heavy atom. The van der Waals surface area contributed by atoms with Crippen molar-refractivity contribution in [2.45, 2.75) is 102 Å². The minimum atomic E-state index is -3.53. The average molecular weight is 483 g/mol. The van der Waals surface area contributed by atoms with Crippen molar-refractivity contribution in [1.82, 2.24) is 4.31 Å². The number of nitrogen functional groups attached to an aromatic ring is 1. The normalized spacial score (nSPS) is 15.1. The highest BCUT2D eigenvalue weighted by Gasteiger charge is 2.26. The van der Waals surface area contributed by atoms with Gasteiger partial charge in [0, 0.05) is 13.1 Å². The summed E-state index contributed by atoms with van der Waals surface area (Å²) in [5.74, 6) is 0.561. The van der Waals surface area contributed by atoms with Crippen molar-refractivity contribution in [1.29, 1.82) is 0 Å². The third kappa shape index (κ3) is 10.7. The van der Waals surface area contributed by atoms with Crippen LogP contribution in [0.15, 0.2) is 23.1 Å². The van der Waals surface area contributed by atoms with E-state index in [9.17, 15) is 8.42 Å². The summed E-state index contributed by atoms with van der Waals surface area (Å²) in [6, 6.07) is 4.76. The molecule has 0 saturated carbocycles. The number of nitrogens with zero attached hydrogens (tertiary/aromatic N) is 1. The first-order valence-electron chi connectivity index (χ1n) is 13.2. The molecule has 1 fully saturated rings. The summed E-state index contributed by atoms with van der Waals surface area (Å²) >= 11 is 0. The van der Waals surface area contributed by atoms with Crippen LogP contribution in [0, 0.1) is 0 Å². The quantitative estimate of drug-likeness (QED) is 0.200. The zero-order chi connectivity index (χ0) is 23.8. The predicted octanol–water partition coefficient (Wildman–Crippen LogP) is 6.15. The van der Waals surface area contributed by atoms with Crippen molar-refractivity contribution in [3.63, 3.8) is 0 Å². The van der Waals surface area contributed by atoms with Crippen molar-refractivity contribution in [2.24, 2.45) is 0 Å². The zero-order valence-corrected chi connectivity index (χ0v) is 21.5. The lowest BCUT2D eigenvalue weighted by atomic mass is 10.0. The Bertz CT molecular complexity index is 749. The number of rotatable bonds is 18. The maximum absolute atomic E-state index is 12.7. The van der Waals surface area contributed by atoms with Gasteiger partial charge >= 0.3 is 0 Å². The summed E-state index contributed by atoms with van der Waals surface area (Å²) in [6.45, 7) is 4.48. The van der Waals surface area contributed by atoms with E-state index in [0.717, 1.165) is 12.8 Å². The van der Waals surface area contributed by atoms with Crippen molar-refractivity contribution in [2.75, 3.05) is 38.6 Å². The van der Waals surface area contributed by atoms with Crippen molar-refractivity contribution in [3.8, 4) is 5.75 Å². The van der Waals surface area contributed by atoms with Gasteiger partial charge in [-0.25, -0.2) is 8.42 Å². The van der Waals surface area contributed by atoms with Crippen LogP contribution in [-0.2, 0) is 14.8 Å². The number of benzene rings is 1. The fourth-order valence-corrected chi connectivity index (χ4v) is 5.68. The molecule has 190 valence electrons. The second kappa shape index (κ2) is 16.3. The van der Waals surface area contributed by atoms with Gasteiger partial charge in [-0.1, -0.05) is 90.4 Å². The molecule has 1 aliphatic rings. The first-order valence-corrected chi connectivity index (χ1v) is 14.6. The lowest BCUT2D eigenvalue weighted by Crippen LogP contribution is -2.40. The summed E-state index contributed by atoms with van der Waals surface area (Å²) < 4.78 is 38.0. The SMILES string of the molecule is CCCCCCCCCCCCCCCCOc1ccc(S(=O)(=O)N2CCOCC2)cc1N. The van der Waals surface area contributed by atoms with Gasteiger partial charge < -0.3 is 15.2 Å². The highest BCUT2D eigenvalue weighted by atomic mass is 32.2. The molecule has 0 aliphatic carbocycles. The summed E-state index contributed by atoms with van der Waals surface area (Å²) in [6.07, 6.45) is 18.5. The third-order valence-corrected chi connectivity index (χ3v) is 8.24. The van der Waals surface area contributed by atoms with E-state index in [4.69, 9.17) is 15.2 Å². The molecular formula is C26H46N2O4S. The van der Waals surface area contributed by atoms with E-state index in [2.05, 4.69) is 6.92 Å². The lowest BCUT2D eigenvalue weighted by molar-refractivity contribution is 0.0730. The predicted molar refractivity (Wildman–Crippen MR) is 136 cm³/mol. The largest absolute Gasteiger partial charge is 0.491 e. The Morgan fingerprint density at radius 2 is 1.36 bits per heavy atom. The maximum atomic E-state index is 12.7. The Labute approximate surface area is 202 Å². The molecule has 0 aromatic heterocycles. The van der Waals surface area contributed by atoms with Gasteiger partial charge in [0.2, 0.25) is 10.0 Å². The standard InChI is InChI=1S/C26H46N2O4S/c1-2-3-4-5-6-7-8-9-10-11-12-13-14-15-20-32-26-17-16-24(23-25(26)27)33(29,30)28-18-21-31-22-19-28/h16-17,23H,2-15,18-22,27H2,1H3. The molecule has 0 amide bonds. The van der Waals surface area contributed by atoms with Crippen LogP contribution >= 0.6 is 0 Å². The summed E-state index contributed by atoms with van der Waals surface area (Å²) in [7, 11) is -3.53. The molecule has 7 heteroatoms. The number of ether oxygens (including phenoxy) is 2. The second-order valence-corrected chi connectivity index (χ2v) is 11.1. The van der Waals surface area contributed by atoms with Crippen molar-refractivity contribution < 1.29 is 17.9 Å². The fraction of sp³-hybridized carbons (Fsp3) is 0.769. The first kappa shape index (κ1) is 27.9. The number of sulfonamides is 1. The molecule has 0 spiro atoms. The van der Waals surface area contributed by atoms with Gasteiger partial charge in [-0.05, 0) is 24.6 Å². The van der Waals surface area contributed by atoms with Gasteiger partial charge in [-0.15, -0.1) is 0 Å². The Morgan fingerprint density at radius 1 is 0.848 bits per heavy atom. The highest BCUT2D eigenvalue weighted by molar-refractivity contribution is 7.89. The lowest BCUT2D eigenvalue weighted by Gasteiger charge is -2.26. The topological polar surface area (TPSA) is 81.9 Å². The fourth-order valence-electron chi connectivity index (χ4n) is 4.23. The van der Waals surface area contributed by atoms with Gasteiger partial charge in [-0.2, -0.15) is 4.31 Å². The van der Waals surface area contributed by atoms with Crippen LogP contribution in [0.25, 0.3) is 0 Å². The van der Waals surface area contributed by atoms with E-state index in [0.29, 0.717) is 44.3 Å². The van der Waals surface area contributed by atoms with E-state index in [1.165, 1.54) is 87.4 Å². The molecule has 1 saturated heterocycles. The molecule has 0 unspecified atom stereocenters. The highest BCUT2D eigenvalue weighted by Crippen LogP contribution is 2.27. The van der Waals surface area contributed by atoms with Crippen LogP contribution in [-0.4, -0.2) is 45.6 Å². The molecule has 1 aliphatic heterocycles. The van der Waals surface area contributed by atoms with E-state index in [-0.39, 0.29) is 4.90 Å². The Hall–Kier alpha value is -1.31. The van der Waals surface area contributed by atoms with Crippen LogP contribution < -0.4 is 10.5 Å². The van der Waals surface area contributed by atoms with Crippen LogP contribution in [0.5, 0.6) is 5.75 Å². The smallest absolute Gasteiger partial charge is 0.243 e. The Balaban J connectivity index is 1.52. The summed E-state index contributed by atoms with van der Waals surface area (Å²) in [5.41, 5.74) is 6.45. The molecule has 2 N–H and O–H groups in total. The molecule has 1 aromatic carbocycles. The molecule has 1 aromatic rings. The average Bonchev–Trinajstić information content (AvgIpc) is 2.83. The van der Waals surface area contributed by atoms with Crippen LogP contribution in [0.4, 0.5) is 5.69 Å². The number of unbranched alkanes of at least 4 members (excludes halogenated alkanes) is 13. The molecule has 6 nitrogen and oxygen atoms in total. The molecule has 1 heterocycles. The number of hydrogen-bond acceptors (Lipinski definition) is 5. The van der Waals surface area contributed by atoms with E-state index < -0.39 is 10.0 Å². The first-order chi connectivity index (χ1) is 16.1. The van der Waals surface area contributed by atoms with Crippen LogP contribution in [0.2, 0.25) is 0 Å². The molecule has 33 heavy (non-hydrogen) atoms. The molecule has 0 atom stereocenters. The van der Waals surface area contributed by atoms with E-state index in [1.54, 1.807) is 12.1 Å². The molecular weight excluding hydrogens is 436 g/mol. The van der Waals surface area contributed by atoms with Gasteiger partial charge in [0.1, 0.15) is 5.75 Å². The van der Waals surface area contributed by atoms with E-state index in [1.807, 2.05) is 0 Å². The van der Waals surface area contributed by atoms with Gasteiger partial charge in [0.05, 0.1) is 30.4 Å². The third-order valence-electron chi connectivity index (χ3n) is 6.34.